The highest BCUT2D eigenvalue weighted by atomic mass is 32.1. The Kier molecular flexibility index (Phi) is 3.69. The standard InChI is InChI=1S/C22H16N2O2S/c1-2-24-17-12-11-14-7-3-5-9-16(14)20(17)27-22(24)23-21(25)19-13-15-8-4-6-10-18(15)26-19/h3-13H,2H2,1H3. The molecule has 5 aromatic rings. The molecule has 2 heterocycles. The lowest BCUT2D eigenvalue weighted by molar-refractivity contribution is 0.0973. The Morgan fingerprint density at radius 1 is 1.04 bits per heavy atom. The number of para-hydroxylation sites is 1. The van der Waals surface area contributed by atoms with Crippen LogP contribution in [-0.2, 0) is 6.54 Å². The highest BCUT2D eigenvalue weighted by molar-refractivity contribution is 7.17. The molecule has 1 amide bonds. The van der Waals surface area contributed by atoms with E-state index in [1.165, 1.54) is 10.8 Å². The molecule has 0 saturated carbocycles. The first-order valence-electron chi connectivity index (χ1n) is 8.83. The summed E-state index contributed by atoms with van der Waals surface area (Å²) in [6.45, 7) is 2.80. The van der Waals surface area contributed by atoms with Crippen molar-refractivity contribution in [3.05, 3.63) is 77.3 Å². The van der Waals surface area contributed by atoms with Gasteiger partial charge in [0.1, 0.15) is 5.58 Å². The zero-order valence-corrected chi connectivity index (χ0v) is 15.5. The SMILES string of the molecule is CCn1c(=NC(=O)c2cc3ccccc3o2)sc2c3ccccc3ccc21. The molecule has 4 nitrogen and oxygen atoms in total. The van der Waals surface area contributed by atoms with E-state index in [2.05, 4.69) is 40.7 Å². The maximum atomic E-state index is 12.7. The van der Waals surface area contributed by atoms with Crippen LogP contribution in [0.5, 0.6) is 0 Å². The summed E-state index contributed by atoms with van der Waals surface area (Å²) >= 11 is 1.54. The van der Waals surface area contributed by atoms with Crippen molar-refractivity contribution in [2.45, 2.75) is 13.5 Å². The maximum absolute atomic E-state index is 12.7. The Bertz CT molecular complexity index is 1360. The van der Waals surface area contributed by atoms with Crippen LogP contribution in [0.4, 0.5) is 0 Å². The molecule has 5 rings (SSSR count). The molecule has 2 aromatic heterocycles. The number of aromatic nitrogens is 1. The topological polar surface area (TPSA) is 47.5 Å². The van der Waals surface area contributed by atoms with Gasteiger partial charge in [-0.05, 0) is 30.5 Å². The van der Waals surface area contributed by atoms with Crippen molar-refractivity contribution in [2.75, 3.05) is 0 Å². The number of carbonyl (C=O) groups is 1. The van der Waals surface area contributed by atoms with Gasteiger partial charge in [0.2, 0.25) is 0 Å². The Balaban J connectivity index is 1.71. The van der Waals surface area contributed by atoms with Gasteiger partial charge in [-0.15, -0.1) is 0 Å². The van der Waals surface area contributed by atoms with Gasteiger partial charge in [0.15, 0.2) is 10.6 Å². The first-order valence-corrected chi connectivity index (χ1v) is 9.65. The molecule has 0 radical (unpaired) electrons. The van der Waals surface area contributed by atoms with E-state index in [0.29, 0.717) is 10.4 Å². The van der Waals surface area contributed by atoms with E-state index in [1.807, 2.05) is 36.4 Å². The molecule has 132 valence electrons. The van der Waals surface area contributed by atoms with Crippen molar-refractivity contribution in [3.8, 4) is 0 Å². The summed E-state index contributed by atoms with van der Waals surface area (Å²) in [5.74, 6) is -0.0922. The molecule has 0 bridgehead atoms. The maximum Gasteiger partial charge on any atom is 0.315 e. The van der Waals surface area contributed by atoms with Crippen molar-refractivity contribution in [3.63, 3.8) is 0 Å². The van der Waals surface area contributed by atoms with Gasteiger partial charge in [-0.2, -0.15) is 4.99 Å². The lowest BCUT2D eigenvalue weighted by Crippen LogP contribution is -2.15. The quantitative estimate of drug-likeness (QED) is 0.419. The van der Waals surface area contributed by atoms with Crippen LogP contribution in [0.3, 0.4) is 0 Å². The summed E-state index contributed by atoms with van der Waals surface area (Å²) in [7, 11) is 0. The average Bonchev–Trinajstić information content (AvgIpc) is 3.29. The zero-order chi connectivity index (χ0) is 18.4. The number of furan rings is 1. The van der Waals surface area contributed by atoms with Crippen molar-refractivity contribution < 1.29 is 9.21 Å². The normalized spacial score (nSPS) is 12.4. The number of benzene rings is 3. The Morgan fingerprint density at radius 3 is 2.63 bits per heavy atom. The second kappa shape index (κ2) is 6.21. The summed E-state index contributed by atoms with van der Waals surface area (Å²) in [4.78, 5) is 17.8. The number of rotatable bonds is 2. The number of carbonyl (C=O) groups excluding carboxylic acids is 1. The number of fused-ring (bicyclic) bond motifs is 4. The highest BCUT2D eigenvalue weighted by Gasteiger charge is 2.14. The van der Waals surface area contributed by atoms with Crippen LogP contribution in [0.1, 0.15) is 17.5 Å². The van der Waals surface area contributed by atoms with Gasteiger partial charge in [0.05, 0.1) is 10.2 Å². The largest absolute Gasteiger partial charge is 0.451 e. The first kappa shape index (κ1) is 16.0. The second-order valence-electron chi connectivity index (χ2n) is 6.33. The molecule has 0 unspecified atom stereocenters. The summed E-state index contributed by atoms with van der Waals surface area (Å²) in [6.07, 6.45) is 0. The fourth-order valence-electron chi connectivity index (χ4n) is 3.42. The summed E-state index contributed by atoms with van der Waals surface area (Å²) in [5.41, 5.74) is 1.79. The van der Waals surface area contributed by atoms with E-state index in [-0.39, 0.29) is 11.7 Å². The minimum Gasteiger partial charge on any atom is -0.451 e. The molecule has 0 aliphatic carbocycles. The van der Waals surface area contributed by atoms with E-state index in [4.69, 9.17) is 4.42 Å². The van der Waals surface area contributed by atoms with Crippen molar-refractivity contribution in [1.82, 2.24) is 4.57 Å². The molecular weight excluding hydrogens is 356 g/mol. The minimum atomic E-state index is -0.357. The third-order valence-electron chi connectivity index (χ3n) is 4.72. The predicted octanol–water partition coefficient (Wildman–Crippen LogP) is 5.36. The number of thiazole rings is 1. The molecule has 3 aromatic carbocycles. The summed E-state index contributed by atoms with van der Waals surface area (Å²) in [6, 6.07) is 21.8. The lowest BCUT2D eigenvalue weighted by atomic mass is 10.1. The fourth-order valence-corrected chi connectivity index (χ4v) is 4.65. The zero-order valence-electron chi connectivity index (χ0n) is 14.7. The van der Waals surface area contributed by atoms with Crippen LogP contribution in [0.15, 0.2) is 76.1 Å². The Labute approximate surface area is 159 Å². The monoisotopic (exact) mass is 372 g/mol. The molecule has 0 aliphatic heterocycles. The van der Waals surface area contributed by atoms with Crippen molar-refractivity contribution in [1.29, 1.82) is 0 Å². The first-order chi connectivity index (χ1) is 13.2. The van der Waals surface area contributed by atoms with E-state index in [1.54, 1.807) is 17.4 Å². The van der Waals surface area contributed by atoms with Crippen LogP contribution in [0, 0.1) is 0 Å². The molecule has 0 spiro atoms. The fraction of sp³-hybridized carbons (Fsp3) is 0.0909. The van der Waals surface area contributed by atoms with E-state index in [0.717, 1.165) is 22.1 Å². The molecule has 0 N–H and O–H groups in total. The Hall–Kier alpha value is -3.18. The van der Waals surface area contributed by atoms with Crippen molar-refractivity contribution >= 4 is 49.2 Å². The van der Waals surface area contributed by atoms with Gasteiger partial charge in [-0.25, -0.2) is 0 Å². The Morgan fingerprint density at radius 2 is 1.81 bits per heavy atom. The van der Waals surface area contributed by atoms with Crippen LogP contribution in [-0.4, -0.2) is 10.5 Å². The third kappa shape index (κ3) is 2.59. The molecule has 0 aliphatic rings. The molecule has 0 fully saturated rings. The van der Waals surface area contributed by atoms with Crippen LogP contribution in [0.2, 0.25) is 0 Å². The highest BCUT2D eigenvalue weighted by Crippen LogP contribution is 2.27. The van der Waals surface area contributed by atoms with E-state index in [9.17, 15) is 4.79 Å². The summed E-state index contributed by atoms with van der Waals surface area (Å²) in [5, 5.41) is 3.27. The molecule has 0 saturated heterocycles. The van der Waals surface area contributed by atoms with Gasteiger partial charge < -0.3 is 8.98 Å². The van der Waals surface area contributed by atoms with E-state index < -0.39 is 0 Å². The lowest BCUT2D eigenvalue weighted by Gasteiger charge is -2.02. The van der Waals surface area contributed by atoms with Gasteiger partial charge in [-0.1, -0.05) is 59.9 Å². The van der Waals surface area contributed by atoms with E-state index >= 15 is 0 Å². The average molecular weight is 372 g/mol. The number of aryl methyl sites for hydroxylation is 1. The van der Waals surface area contributed by atoms with Gasteiger partial charge >= 0.3 is 5.91 Å². The molecule has 27 heavy (non-hydrogen) atoms. The number of hydrogen-bond acceptors (Lipinski definition) is 3. The molecule has 0 atom stereocenters. The molecular formula is C22H16N2O2S. The summed E-state index contributed by atoms with van der Waals surface area (Å²) < 4.78 is 8.89. The minimum absolute atomic E-state index is 0.265. The number of nitrogens with zero attached hydrogens (tertiary/aromatic N) is 2. The predicted molar refractivity (Wildman–Crippen MR) is 109 cm³/mol. The van der Waals surface area contributed by atoms with Crippen molar-refractivity contribution in [2.24, 2.45) is 4.99 Å². The molecule has 5 heteroatoms. The van der Waals surface area contributed by atoms with Crippen LogP contribution in [0.25, 0.3) is 32.0 Å². The second-order valence-corrected chi connectivity index (χ2v) is 7.31. The van der Waals surface area contributed by atoms with Gasteiger partial charge in [0, 0.05) is 17.3 Å². The number of amides is 1. The smallest absolute Gasteiger partial charge is 0.315 e. The van der Waals surface area contributed by atoms with Crippen LogP contribution < -0.4 is 4.80 Å². The van der Waals surface area contributed by atoms with Crippen LogP contribution >= 0.6 is 11.3 Å². The van der Waals surface area contributed by atoms with Gasteiger partial charge in [0.25, 0.3) is 0 Å². The number of hydrogen-bond donors (Lipinski definition) is 0. The van der Waals surface area contributed by atoms with Gasteiger partial charge in [-0.3, -0.25) is 4.79 Å². The third-order valence-corrected chi connectivity index (χ3v) is 5.85.